The van der Waals surface area contributed by atoms with Crippen LogP contribution in [0.2, 0.25) is 0 Å². The molecule has 0 saturated carbocycles. The van der Waals surface area contributed by atoms with Gasteiger partial charge in [-0.1, -0.05) is 0 Å². The molecular formula is C13H18N4O2S. The summed E-state index contributed by atoms with van der Waals surface area (Å²) in [5.41, 5.74) is 0.610. The topological polar surface area (TPSA) is 68.4 Å². The van der Waals surface area contributed by atoms with Gasteiger partial charge in [-0.3, -0.25) is 14.9 Å². The molecule has 20 heavy (non-hydrogen) atoms. The molecule has 2 aliphatic rings. The normalized spacial score (nSPS) is 23.1. The second-order valence-electron chi connectivity index (χ2n) is 4.97. The zero-order chi connectivity index (χ0) is 13.9. The Morgan fingerprint density at radius 1 is 1.20 bits per heavy atom. The number of piperazine rings is 1. The van der Waals surface area contributed by atoms with Gasteiger partial charge in [-0.15, -0.1) is 11.8 Å². The van der Waals surface area contributed by atoms with Crippen LogP contribution in [0, 0.1) is 0 Å². The molecule has 1 atom stereocenters. The van der Waals surface area contributed by atoms with Crippen LogP contribution in [0.3, 0.4) is 0 Å². The number of carbonyl (C=O) groups is 2. The number of rotatable bonds is 2. The lowest BCUT2D eigenvalue weighted by Gasteiger charge is -2.35. The van der Waals surface area contributed by atoms with Crippen molar-refractivity contribution in [2.24, 2.45) is 0 Å². The van der Waals surface area contributed by atoms with Gasteiger partial charge in [-0.2, -0.15) is 0 Å². The van der Waals surface area contributed by atoms with Gasteiger partial charge in [0.2, 0.25) is 5.91 Å². The van der Waals surface area contributed by atoms with E-state index in [4.69, 9.17) is 0 Å². The fourth-order valence-electron chi connectivity index (χ4n) is 2.54. The van der Waals surface area contributed by atoms with Gasteiger partial charge in [0.15, 0.2) is 0 Å². The number of carbonyl (C=O) groups excluding carboxylic acids is 2. The molecule has 1 aromatic heterocycles. The Labute approximate surface area is 121 Å². The summed E-state index contributed by atoms with van der Waals surface area (Å²) in [7, 11) is 0. The molecule has 2 aliphatic heterocycles. The summed E-state index contributed by atoms with van der Waals surface area (Å²) in [4.78, 5) is 31.0. The Morgan fingerprint density at radius 2 is 1.95 bits per heavy atom. The number of hydrogen-bond acceptors (Lipinski definition) is 4. The summed E-state index contributed by atoms with van der Waals surface area (Å²) in [5.74, 6) is 1.88. The van der Waals surface area contributed by atoms with E-state index in [0.29, 0.717) is 31.9 Å². The minimum atomic E-state index is -0.0503. The van der Waals surface area contributed by atoms with Gasteiger partial charge in [0.1, 0.15) is 5.69 Å². The molecule has 2 saturated heterocycles. The summed E-state index contributed by atoms with van der Waals surface area (Å²) in [6, 6.07) is 3.54. The largest absolute Gasteiger partial charge is 0.357 e. The van der Waals surface area contributed by atoms with E-state index < -0.39 is 0 Å². The second kappa shape index (κ2) is 5.88. The van der Waals surface area contributed by atoms with Crippen LogP contribution in [0.5, 0.6) is 0 Å². The first-order chi connectivity index (χ1) is 9.75. The number of nitrogens with zero attached hydrogens (tertiary/aromatic N) is 2. The van der Waals surface area contributed by atoms with Crippen molar-refractivity contribution in [2.45, 2.75) is 6.04 Å². The summed E-state index contributed by atoms with van der Waals surface area (Å²) >= 11 is 1.75. The van der Waals surface area contributed by atoms with E-state index in [2.05, 4.69) is 10.3 Å². The number of thioether (sulfide) groups is 1. The highest BCUT2D eigenvalue weighted by Crippen LogP contribution is 2.14. The Bertz CT molecular complexity index is 477. The molecule has 2 N–H and O–H groups in total. The van der Waals surface area contributed by atoms with E-state index >= 15 is 0 Å². The SMILES string of the molecule is O=C(c1ccc[nH]1)N1CCN(C(=O)C2CSCN2)CC1. The van der Waals surface area contributed by atoms with Gasteiger partial charge in [0, 0.05) is 44.0 Å². The molecule has 0 bridgehead atoms. The van der Waals surface area contributed by atoms with Gasteiger partial charge < -0.3 is 14.8 Å². The number of H-pyrrole nitrogens is 1. The second-order valence-corrected chi connectivity index (χ2v) is 6.00. The Hall–Kier alpha value is -1.47. The lowest BCUT2D eigenvalue weighted by atomic mass is 10.2. The summed E-state index contributed by atoms with van der Waals surface area (Å²) < 4.78 is 0. The number of aromatic amines is 1. The van der Waals surface area contributed by atoms with Crippen LogP contribution >= 0.6 is 11.8 Å². The van der Waals surface area contributed by atoms with Crippen LogP contribution < -0.4 is 5.32 Å². The van der Waals surface area contributed by atoms with Crippen LogP contribution in [-0.4, -0.2) is 70.4 Å². The Balaban J connectivity index is 1.54. The average molecular weight is 294 g/mol. The number of amides is 2. The molecule has 0 spiro atoms. The average Bonchev–Trinajstić information content (AvgIpc) is 3.18. The van der Waals surface area contributed by atoms with Crippen molar-refractivity contribution >= 4 is 23.6 Å². The highest BCUT2D eigenvalue weighted by atomic mass is 32.2. The smallest absolute Gasteiger partial charge is 0.270 e. The maximum Gasteiger partial charge on any atom is 0.270 e. The van der Waals surface area contributed by atoms with Gasteiger partial charge in [0.05, 0.1) is 6.04 Å². The molecule has 108 valence electrons. The molecule has 3 heterocycles. The first kappa shape index (κ1) is 13.5. The molecule has 2 fully saturated rings. The van der Waals surface area contributed by atoms with Crippen molar-refractivity contribution in [2.75, 3.05) is 37.8 Å². The van der Waals surface area contributed by atoms with Crippen LogP contribution in [0.15, 0.2) is 18.3 Å². The van der Waals surface area contributed by atoms with Crippen LogP contribution in [0.25, 0.3) is 0 Å². The van der Waals surface area contributed by atoms with E-state index in [1.807, 2.05) is 11.0 Å². The van der Waals surface area contributed by atoms with E-state index in [-0.39, 0.29) is 17.9 Å². The molecule has 7 heteroatoms. The van der Waals surface area contributed by atoms with Gasteiger partial charge in [-0.25, -0.2) is 0 Å². The lowest BCUT2D eigenvalue weighted by molar-refractivity contribution is -0.134. The van der Waals surface area contributed by atoms with Gasteiger partial charge >= 0.3 is 0 Å². The monoisotopic (exact) mass is 294 g/mol. The molecule has 3 rings (SSSR count). The minimum Gasteiger partial charge on any atom is -0.357 e. The van der Waals surface area contributed by atoms with Crippen molar-refractivity contribution < 1.29 is 9.59 Å². The zero-order valence-electron chi connectivity index (χ0n) is 11.2. The minimum absolute atomic E-state index is 0.0108. The Kier molecular flexibility index (Phi) is 3.98. The maximum absolute atomic E-state index is 12.2. The number of nitrogens with one attached hydrogen (secondary N) is 2. The van der Waals surface area contributed by atoms with Crippen molar-refractivity contribution in [3.8, 4) is 0 Å². The highest BCUT2D eigenvalue weighted by molar-refractivity contribution is 7.99. The third-order valence-corrected chi connectivity index (χ3v) is 4.66. The predicted octanol–water partition coefficient (Wildman–Crippen LogP) is -0.0384. The standard InChI is InChI=1S/C13H18N4O2S/c18-12(10-2-1-3-14-10)16-4-6-17(7-5-16)13(19)11-8-20-9-15-11/h1-3,11,14-15H,4-9H2. The summed E-state index contributed by atoms with van der Waals surface area (Å²) in [5, 5.41) is 3.20. The van der Waals surface area contributed by atoms with Gasteiger partial charge in [0.25, 0.3) is 5.91 Å². The molecule has 1 unspecified atom stereocenters. The fourth-order valence-corrected chi connectivity index (χ4v) is 3.47. The maximum atomic E-state index is 12.2. The summed E-state index contributed by atoms with van der Waals surface area (Å²) in [6.45, 7) is 2.44. The quantitative estimate of drug-likeness (QED) is 0.803. The molecule has 0 radical (unpaired) electrons. The highest BCUT2D eigenvalue weighted by Gasteiger charge is 2.30. The van der Waals surface area contributed by atoms with Crippen LogP contribution in [0.4, 0.5) is 0 Å². The van der Waals surface area contributed by atoms with Crippen molar-refractivity contribution in [1.29, 1.82) is 0 Å². The predicted molar refractivity (Wildman–Crippen MR) is 77.5 cm³/mol. The summed E-state index contributed by atoms with van der Waals surface area (Å²) in [6.07, 6.45) is 1.75. The van der Waals surface area contributed by atoms with Gasteiger partial charge in [-0.05, 0) is 12.1 Å². The molecular weight excluding hydrogens is 276 g/mol. The van der Waals surface area contributed by atoms with E-state index in [0.717, 1.165) is 11.6 Å². The third-order valence-electron chi connectivity index (χ3n) is 3.72. The fraction of sp³-hybridized carbons (Fsp3) is 0.538. The van der Waals surface area contributed by atoms with E-state index in [9.17, 15) is 9.59 Å². The lowest BCUT2D eigenvalue weighted by Crippen LogP contribution is -2.54. The first-order valence-electron chi connectivity index (χ1n) is 6.78. The van der Waals surface area contributed by atoms with Crippen molar-refractivity contribution in [3.63, 3.8) is 0 Å². The molecule has 2 amide bonds. The number of hydrogen-bond donors (Lipinski definition) is 2. The van der Waals surface area contributed by atoms with Crippen LogP contribution in [-0.2, 0) is 4.79 Å². The Morgan fingerprint density at radius 3 is 2.55 bits per heavy atom. The molecule has 0 aliphatic carbocycles. The first-order valence-corrected chi connectivity index (χ1v) is 7.94. The van der Waals surface area contributed by atoms with Crippen LogP contribution in [0.1, 0.15) is 10.5 Å². The molecule has 1 aromatic rings. The number of aromatic nitrogens is 1. The molecule has 0 aromatic carbocycles. The third kappa shape index (κ3) is 2.69. The van der Waals surface area contributed by atoms with Crippen molar-refractivity contribution in [3.05, 3.63) is 24.0 Å². The van der Waals surface area contributed by atoms with E-state index in [1.165, 1.54) is 0 Å². The molecule has 6 nitrogen and oxygen atoms in total. The zero-order valence-corrected chi connectivity index (χ0v) is 12.0. The van der Waals surface area contributed by atoms with E-state index in [1.54, 1.807) is 28.9 Å². The van der Waals surface area contributed by atoms with Crippen molar-refractivity contribution in [1.82, 2.24) is 20.1 Å².